The van der Waals surface area contributed by atoms with Gasteiger partial charge in [0.25, 0.3) is 0 Å². The second-order valence-electron chi connectivity index (χ2n) is 6.20. The van der Waals surface area contributed by atoms with E-state index in [1.165, 1.54) is 24.5 Å². The number of nitrogens with one attached hydrogen (secondary N) is 2. The number of imidazole rings is 1. The summed E-state index contributed by atoms with van der Waals surface area (Å²) >= 11 is 0. The number of rotatable bonds is 4. The number of aryl methyl sites for hydroxylation is 1. The number of alkyl halides is 3. The first-order chi connectivity index (χ1) is 13.8. The first-order valence-corrected chi connectivity index (χ1v) is 8.48. The van der Waals surface area contributed by atoms with Gasteiger partial charge in [-0.1, -0.05) is 6.07 Å². The fraction of sp³-hybridized carbons (Fsp3) is 0.105. The maximum Gasteiger partial charge on any atom is 0.416 e. The monoisotopic (exact) mass is 402 g/mol. The topological polar surface area (TPSA) is 67.7 Å². The van der Waals surface area contributed by atoms with Crippen LogP contribution >= 0.6 is 0 Å². The SMILES string of the molecule is Cc1nc2c(F)cccc2n1Nc1cc(Nc2ccc(C(F)(F)F)cc2)ncn1. The Labute approximate surface area is 162 Å². The van der Waals surface area contributed by atoms with Crippen molar-refractivity contribution < 1.29 is 17.6 Å². The summed E-state index contributed by atoms with van der Waals surface area (Å²) in [5.74, 6) is 0.857. The molecule has 0 aliphatic heterocycles. The number of fused-ring (bicyclic) bond motifs is 1. The van der Waals surface area contributed by atoms with Gasteiger partial charge in [0.15, 0.2) is 5.82 Å². The molecule has 6 nitrogen and oxygen atoms in total. The molecule has 2 heterocycles. The molecule has 148 valence electrons. The zero-order valence-electron chi connectivity index (χ0n) is 15.0. The van der Waals surface area contributed by atoms with Crippen LogP contribution in [0.3, 0.4) is 0 Å². The molecule has 2 aromatic heterocycles. The molecular formula is C19H14F4N6. The van der Waals surface area contributed by atoms with E-state index in [2.05, 4.69) is 25.7 Å². The second kappa shape index (κ2) is 7.04. The Kier molecular flexibility index (Phi) is 4.53. The Morgan fingerprint density at radius 1 is 0.966 bits per heavy atom. The van der Waals surface area contributed by atoms with Gasteiger partial charge in [-0.05, 0) is 43.3 Å². The zero-order chi connectivity index (χ0) is 20.6. The van der Waals surface area contributed by atoms with Gasteiger partial charge in [-0.25, -0.2) is 24.0 Å². The van der Waals surface area contributed by atoms with Gasteiger partial charge >= 0.3 is 6.18 Å². The maximum absolute atomic E-state index is 13.9. The zero-order valence-corrected chi connectivity index (χ0v) is 15.0. The molecule has 0 aliphatic rings. The predicted molar refractivity (Wildman–Crippen MR) is 100 cm³/mol. The second-order valence-corrected chi connectivity index (χ2v) is 6.20. The Bertz CT molecular complexity index is 1170. The summed E-state index contributed by atoms with van der Waals surface area (Å²) in [4.78, 5) is 12.4. The third kappa shape index (κ3) is 3.82. The van der Waals surface area contributed by atoms with Gasteiger partial charge in [0, 0.05) is 11.8 Å². The van der Waals surface area contributed by atoms with Crippen LogP contribution in [0.25, 0.3) is 11.0 Å². The van der Waals surface area contributed by atoms with Gasteiger partial charge in [0.1, 0.15) is 29.3 Å². The molecule has 0 radical (unpaired) electrons. The van der Waals surface area contributed by atoms with Crippen molar-refractivity contribution in [1.29, 1.82) is 0 Å². The van der Waals surface area contributed by atoms with Crippen molar-refractivity contribution in [3.05, 3.63) is 72.1 Å². The lowest BCUT2D eigenvalue weighted by molar-refractivity contribution is -0.137. The first kappa shape index (κ1) is 18.7. The van der Waals surface area contributed by atoms with Crippen LogP contribution in [0.1, 0.15) is 11.4 Å². The van der Waals surface area contributed by atoms with Gasteiger partial charge < -0.3 is 5.32 Å². The number of hydrogen-bond donors (Lipinski definition) is 2. The molecule has 0 saturated carbocycles. The number of nitrogens with zero attached hydrogens (tertiary/aromatic N) is 4. The number of para-hydroxylation sites is 1. The molecule has 0 atom stereocenters. The molecule has 0 spiro atoms. The highest BCUT2D eigenvalue weighted by atomic mass is 19.4. The molecular weight excluding hydrogens is 388 g/mol. The maximum atomic E-state index is 13.9. The van der Waals surface area contributed by atoms with Crippen molar-refractivity contribution in [2.24, 2.45) is 0 Å². The first-order valence-electron chi connectivity index (χ1n) is 8.48. The van der Waals surface area contributed by atoms with Gasteiger partial charge in [0.2, 0.25) is 0 Å². The molecule has 0 aliphatic carbocycles. The van der Waals surface area contributed by atoms with Crippen molar-refractivity contribution in [2.45, 2.75) is 13.1 Å². The Balaban J connectivity index is 1.57. The summed E-state index contributed by atoms with van der Waals surface area (Å²) in [5.41, 5.74) is 3.50. The summed E-state index contributed by atoms with van der Waals surface area (Å²) in [6.07, 6.45) is -3.10. The Morgan fingerprint density at radius 3 is 2.41 bits per heavy atom. The molecule has 2 N–H and O–H groups in total. The van der Waals surface area contributed by atoms with Gasteiger partial charge in [-0.3, -0.25) is 5.43 Å². The predicted octanol–water partition coefficient (Wildman–Crippen LogP) is 4.91. The minimum atomic E-state index is -4.39. The van der Waals surface area contributed by atoms with Crippen molar-refractivity contribution >= 4 is 28.4 Å². The van der Waals surface area contributed by atoms with E-state index in [1.807, 2.05) is 0 Å². The van der Waals surface area contributed by atoms with Crippen LogP contribution in [0.5, 0.6) is 0 Å². The Morgan fingerprint density at radius 2 is 1.69 bits per heavy atom. The summed E-state index contributed by atoms with van der Waals surface area (Å²) in [5, 5.41) is 2.92. The third-order valence-corrected chi connectivity index (χ3v) is 4.18. The lowest BCUT2D eigenvalue weighted by atomic mass is 10.2. The highest BCUT2D eigenvalue weighted by Gasteiger charge is 2.29. The molecule has 0 fully saturated rings. The van der Waals surface area contributed by atoms with Crippen LogP contribution in [-0.2, 0) is 6.18 Å². The number of anilines is 3. The minimum Gasteiger partial charge on any atom is -0.340 e. The molecule has 2 aromatic carbocycles. The van der Waals surface area contributed by atoms with E-state index in [1.54, 1.807) is 29.8 Å². The summed E-state index contributed by atoms with van der Waals surface area (Å²) in [7, 11) is 0. The van der Waals surface area contributed by atoms with Crippen LogP contribution in [0.2, 0.25) is 0 Å². The minimum absolute atomic E-state index is 0.231. The van der Waals surface area contributed by atoms with E-state index in [0.29, 0.717) is 28.7 Å². The number of benzene rings is 2. The molecule has 4 aromatic rings. The van der Waals surface area contributed by atoms with E-state index in [4.69, 9.17) is 0 Å². The Hall–Kier alpha value is -3.69. The standard InChI is InChI=1S/C19H14F4N6/c1-11-26-18-14(20)3-2-4-15(18)29(11)28-17-9-16(24-10-25-17)27-13-7-5-12(6-8-13)19(21,22)23/h2-10H,1H3,(H2,24,25,27,28). The van der Waals surface area contributed by atoms with Crippen LogP contribution in [-0.4, -0.2) is 19.6 Å². The molecule has 10 heteroatoms. The van der Waals surface area contributed by atoms with Gasteiger partial charge in [0.05, 0.1) is 11.1 Å². The number of halogens is 4. The van der Waals surface area contributed by atoms with E-state index in [9.17, 15) is 17.6 Å². The van der Waals surface area contributed by atoms with E-state index in [-0.39, 0.29) is 5.52 Å². The normalized spacial score (nSPS) is 11.6. The average Bonchev–Trinajstić information content (AvgIpc) is 2.99. The lowest BCUT2D eigenvalue weighted by Crippen LogP contribution is -2.12. The molecule has 0 amide bonds. The molecule has 4 rings (SSSR count). The van der Waals surface area contributed by atoms with Crippen LogP contribution in [0.15, 0.2) is 54.9 Å². The highest BCUT2D eigenvalue weighted by Crippen LogP contribution is 2.30. The van der Waals surface area contributed by atoms with Gasteiger partial charge in [-0.2, -0.15) is 13.2 Å². The molecule has 0 unspecified atom stereocenters. The average molecular weight is 402 g/mol. The van der Waals surface area contributed by atoms with Crippen molar-refractivity contribution in [3.8, 4) is 0 Å². The van der Waals surface area contributed by atoms with E-state index < -0.39 is 17.6 Å². The van der Waals surface area contributed by atoms with Crippen LogP contribution in [0, 0.1) is 12.7 Å². The lowest BCUT2D eigenvalue weighted by Gasteiger charge is -2.12. The van der Waals surface area contributed by atoms with E-state index in [0.717, 1.165) is 12.1 Å². The van der Waals surface area contributed by atoms with Crippen LogP contribution < -0.4 is 10.7 Å². The highest BCUT2D eigenvalue weighted by molar-refractivity contribution is 5.77. The van der Waals surface area contributed by atoms with Crippen molar-refractivity contribution in [3.63, 3.8) is 0 Å². The quantitative estimate of drug-likeness (QED) is 0.475. The third-order valence-electron chi connectivity index (χ3n) is 4.18. The largest absolute Gasteiger partial charge is 0.416 e. The molecule has 0 bridgehead atoms. The van der Waals surface area contributed by atoms with Crippen molar-refractivity contribution in [2.75, 3.05) is 10.7 Å². The number of aromatic nitrogens is 4. The summed E-state index contributed by atoms with van der Waals surface area (Å²) in [6, 6.07) is 10.8. The number of hydrogen-bond acceptors (Lipinski definition) is 5. The molecule has 29 heavy (non-hydrogen) atoms. The van der Waals surface area contributed by atoms with Crippen LogP contribution in [0.4, 0.5) is 34.9 Å². The van der Waals surface area contributed by atoms with Crippen molar-refractivity contribution in [1.82, 2.24) is 19.6 Å². The van der Waals surface area contributed by atoms with E-state index >= 15 is 0 Å². The summed E-state index contributed by atoms with van der Waals surface area (Å²) in [6.45, 7) is 1.72. The van der Waals surface area contributed by atoms with Gasteiger partial charge in [-0.15, -0.1) is 0 Å². The fourth-order valence-electron chi connectivity index (χ4n) is 2.81. The smallest absolute Gasteiger partial charge is 0.340 e. The fourth-order valence-corrected chi connectivity index (χ4v) is 2.81. The molecule has 0 saturated heterocycles. The summed E-state index contributed by atoms with van der Waals surface area (Å²) < 4.78 is 53.5.